The van der Waals surface area contributed by atoms with Crippen molar-refractivity contribution in [2.45, 2.75) is 32.7 Å². The molecule has 24 heavy (non-hydrogen) atoms. The Morgan fingerprint density at radius 2 is 1.83 bits per heavy atom. The van der Waals surface area contributed by atoms with E-state index >= 15 is 0 Å². The van der Waals surface area contributed by atoms with Gasteiger partial charge in [0.1, 0.15) is 11.5 Å². The molecule has 5 nitrogen and oxygen atoms in total. The fraction of sp³-hybridized carbons (Fsp3) is 0.278. The van der Waals surface area contributed by atoms with Crippen LogP contribution in [0.1, 0.15) is 26.7 Å². The minimum Gasteiger partial charge on any atom is -0.456 e. The first-order valence-corrected chi connectivity index (χ1v) is 8.30. The van der Waals surface area contributed by atoms with Crippen molar-refractivity contribution in [2.24, 2.45) is 0 Å². The van der Waals surface area contributed by atoms with E-state index in [0.717, 1.165) is 12.8 Å². The number of carbonyl (C=O) groups is 1. The fourth-order valence-corrected chi connectivity index (χ4v) is 2.39. The number of urea groups is 1. The monoisotopic (exact) mass is 347 g/mol. The largest absolute Gasteiger partial charge is 0.456 e. The van der Waals surface area contributed by atoms with Gasteiger partial charge in [0.15, 0.2) is 0 Å². The van der Waals surface area contributed by atoms with Gasteiger partial charge in [0.05, 0.1) is 5.02 Å². The Morgan fingerprint density at radius 1 is 1.17 bits per heavy atom. The lowest BCUT2D eigenvalue weighted by Gasteiger charge is -2.16. The summed E-state index contributed by atoms with van der Waals surface area (Å²) in [7, 11) is 0. The first-order valence-electron chi connectivity index (χ1n) is 7.92. The van der Waals surface area contributed by atoms with Crippen LogP contribution in [0.2, 0.25) is 5.02 Å². The molecule has 2 aromatic rings. The number of hydrogen-bond donors (Lipinski definition) is 3. The van der Waals surface area contributed by atoms with Crippen LogP contribution in [0.5, 0.6) is 11.5 Å². The molecule has 0 atom stereocenters. The molecule has 0 aliphatic carbocycles. The third-order valence-electron chi connectivity index (χ3n) is 3.62. The van der Waals surface area contributed by atoms with Crippen LogP contribution in [0.3, 0.4) is 0 Å². The number of ether oxygens (including phenoxy) is 1. The molecule has 0 spiro atoms. The second kappa shape index (κ2) is 8.45. The van der Waals surface area contributed by atoms with Crippen LogP contribution in [0, 0.1) is 0 Å². The van der Waals surface area contributed by atoms with Crippen molar-refractivity contribution in [1.29, 1.82) is 0 Å². The summed E-state index contributed by atoms with van der Waals surface area (Å²) in [4.78, 5) is 12.0. The standard InChI is InChI=1S/C18H22ClN3O2/c1-3-13(4-2)21-18(23)22-14-7-10-17(16(19)11-14)24-15-8-5-12(20)6-9-15/h5-11,13H,3-4,20H2,1-2H3,(H2,21,22,23). The van der Waals surface area contributed by atoms with Gasteiger partial charge in [0, 0.05) is 17.4 Å². The van der Waals surface area contributed by atoms with Crippen LogP contribution < -0.4 is 21.1 Å². The third-order valence-corrected chi connectivity index (χ3v) is 3.91. The molecule has 2 amide bonds. The van der Waals surface area contributed by atoms with Crippen molar-refractivity contribution in [1.82, 2.24) is 5.32 Å². The van der Waals surface area contributed by atoms with Gasteiger partial charge in [-0.15, -0.1) is 0 Å². The van der Waals surface area contributed by atoms with Crippen LogP contribution >= 0.6 is 11.6 Å². The van der Waals surface area contributed by atoms with Crippen molar-refractivity contribution >= 4 is 29.0 Å². The average Bonchev–Trinajstić information content (AvgIpc) is 2.57. The van der Waals surface area contributed by atoms with Gasteiger partial charge < -0.3 is 21.1 Å². The second-order valence-corrected chi connectivity index (χ2v) is 5.84. The first kappa shape index (κ1) is 17.9. The van der Waals surface area contributed by atoms with Gasteiger partial charge in [-0.05, 0) is 55.3 Å². The molecular weight excluding hydrogens is 326 g/mol. The number of amides is 2. The van der Waals surface area contributed by atoms with Gasteiger partial charge in [0.25, 0.3) is 0 Å². The first-order chi connectivity index (χ1) is 11.5. The number of hydrogen-bond acceptors (Lipinski definition) is 3. The Labute approximate surface area is 147 Å². The minimum atomic E-state index is -0.244. The molecule has 0 aliphatic heterocycles. The molecule has 0 saturated carbocycles. The zero-order valence-corrected chi connectivity index (χ0v) is 14.6. The zero-order chi connectivity index (χ0) is 17.5. The Balaban J connectivity index is 2.01. The maximum absolute atomic E-state index is 12.0. The molecule has 0 saturated heterocycles. The molecule has 6 heteroatoms. The zero-order valence-electron chi connectivity index (χ0n) is 13.8. The number of nitrogen functional groups attached to an aromatic ring is 1. The van der Waals surface area contributed by atoms with Crippen molar-refractivity contribution in [3.63, 3.8) is 0 Å². The van der Waals surface area contributed by atoms with E-state index in [1.165, 1.54) is 0 Å². The lowest BCUT2D eigenvalue weighted by Crippen LogP contribution is -2.37. The van der Waals surface area contributed by atoms with E-state index in [-0.39, 0.29) is 12.1 Å². The second-order valence-electron chi connectivity index (χ2n) is 5.43. The Bertz CT molecular complexity index is 685. The van der Waals surface area contributed by atoms with Crippen molar-refractivity contribution in [3.05, 3.63) is 47.5 Å². The van der Waals surface area contributed by atoms with Gasteiger partial charge in [-0.2, -0.15) is 0 Å². The van der Waals surface area contributed by atoms with Crippen LogP contribution in [-0.4, -0.2) is 12.1 Å². The predicted octanol–water partition coefficient (Wildman–Crippen LogP) is 5.02. The number of halogens is 1. The summed E-state index contributed by atoms with van der Waals surface area (Å²) >= 11 is 6.23. The molecule has 0 aliphatic rings. The lowest BCUT2D eigenvalue weighted by atomic mass is 10.2. The van der Waals surface area contributed by atoms with E-state index in [9.17, 15) is 4.79 Å². The smallest absolute Gasteiger partial charge is 0.319 e. The van der Waals surface area contributed by atoms with E-state index in [4.69, 9.17) is 22.1 Å². The maximum Gasteiger partial charge on any atom is 0.319 e. The predicted molar refractivity (Wildman–Crippen MR) is 98.9 cm³/mol. The summed E-state index contributed by atoms with van der Waals surface area (Å²) < 4.78 is 5.71. The third kappa shape index (κ3) is 5.06. The van der Waals surface area contributed by atoms with Gasteiger partial charge in [-0.3, -0.25) is 0 Å². The molecule has 0 fully saturated rings. The van der Waals surface area contributed by atoms with Crippen LogP contribution in [0.25, 0.3) is 0 Å². The molecule has 0 heterocycles. The SMILES string of the molecule is CCC(CC)NC(=O)Nc1ccc(Oc2ccc(N)cc2)c(Cl)c1. The molecule has 128 valence electrons. The highest BCUT2D eigenvalue weighted by Gasteiger charge is 2.10. The molecule has 0 bridgehead atoms. The van der Waals surface area contributed by atoms with E-state index in [2.05, 4.69) is 10.6 Å². The highest BCUT2D eigenvalue weighted by molar-refractivity contribution is 6.32. The summed E-state index contributed by atoms with van der Waals surface area (Å²) in [6.45, 7) is 4.07. The van der Waals surface area contributed by atoms with Crippen molar-refractivity contribution < 1.29 is 9.53 Å². The van der Waals surface area contributed by atoms with Crippen LogP contribution in [-0.2, 0) is 0 Å². The van der Waals surface area contributed by atoms with Gasteiger partial charge in [-0.1, -0.05) is 25.4 Å². The van der Waals surface area contributed by atoms with Crippen LogP contribution in [0.15, 0.2) is 42.5 Å². The number of rotatable bonds is 6. The minimum absolute atomic E-state index is 0.161. The highest BCUT2D eigenvalue weighted by Crippen LogP contribution is 2.31. The fourth-order valence-electron chi connectivity index (χ4n) is 2.17. The topological polar surface area (TPSA) is 76.4 Å². The van der Waals surface area contributed by atoms with E-state index in [1.54, 1.807) is 42.5 Å². The number of nitrogens with two attached hydrogens (primary N) is 1. The molecule has 0 unspecified atom stereocenters. The van der Waals surface area contributed by atoms with E-state index in [1.807, 2.05) is 13.8 Å². The van der Waals surface area contributed by atoms with Crippen molar-refractivity contribution in [3.8, 4) is 11.5 Å². The van der Waals surface area contributed by atoms with Gasteiger partial charge >= 0.3 is 6.03 Å². The number of anilines is 2. The number of nitrogens with one attached hydrogen (secondary N) is 2. The molecule has 2 rings (SSSR count). The highest BCUT2D eigenvalue weighted by atomic mass is 35.5. The molecule has 0 radical (unpaired) electrons. The maximum atomic E-state index is 12.0. The molecule has 0 aromatic heterocycles. The lowest BCUT2D eigenvalue weighted by molar-refractivity contribution is 0.247. The number of benzene rings is 2. The van der Waals surface area contributed by atoms with E-state index < -0.39 is 0 Å². The molecule has 2 aromatic carbocycles. The van der Waals surface area contributed by atoms with Gasteiger partial charge in [-0.25, -0.2) is 4.79 Å². The van der Waals surface area contributed by atoms with Crippen molar-refractivity contribution in [2.75, 3.05) is 11.1 Å². The summed E-state index contributed by atoms with van der Waals surface area (Å²) in [6.07, 6.45) is 1.78. The van der Waals surface area contributed by atoms with E-state index in [0.29, 0.717) is 27.9 Å². The summed E-state index contributed by atoms with van der Waals surface area (Å²) in [5.74, 6) is 1.14. The Hall–Kier alpha value is -2.40. The summed E-state index contributed by atoms with van der Waals surface area (Å²) in [6, 6.07) is 12.1. The Morgan fingerprint density at radius 3 is 2.42 bits per heavy atom. The normalized spacial score (nSPS) is 10.5. The Kier molecular flexibility index (Phi) is 6.32. The average molecular weight is 348 g/mol. The van der Waals surface area contributed by atoms with Gasteiger partial charge in [0.2, 0.25) is 0 Å². The summed E-state index contributed by atoms with van der Waals surface area (Å²) in [5, 5.41) is 6.09. The molecule has 4 N–H and O–H groups in total. The number of carbonyl (C=O) groups excluding carboxylic acids is 1. The quantitative estimate of drug-likeness (QED) is 0.642. The van der Waals surface area contributed by atoms with Crippen LogP contribution in [0.4, 0.5) is 16.2 Å². The summed E-state index contributed by atoms with van der Waals surface area (Å²) in [5.41, 5.74) is 6.91. The molecular formula is C18H22ClN3O2.